The smallest absolute Gasteiger partial charge is 0.411 e. The van der Waals surface area contributed by atoms with Crippen LogP contribution in [0.15, 0.2) is 54.6 Å². The van der Waals surface area contributed by atoms with Gasteiger partial charge in [-0.15, -0.1) is 0 Å². The Morgan fingerprint density at radius 2 is 1.70 bits per heavy atom. The normalized spacial score (nSPS) is 14.8. The number of ether oxygens (including phenoxy) is 2. The molecule has 1 aliphatic rings. The summed E-state index contributed by atoms with van der Waals surface area (Å²) in [6.45, 7) is -1.97. The maximum absolute atomic E-state index is 12.3. The number of benzene rings is 2. The first-order valence-corrected chi connectivity index (χ1v) is 9.57. The number of esters is 1. The molecule has 2 aromatic carbocycles. The quantitative estimate of drug-likeness (QED) is 0.617. The lowest BCUT2D eigenvalue weighted by Crippen LogP contribution is -2.33. The molecule has 0 aromatic heterocycles. The number of amides is 1. The molecule has 30 heavy (non-hydrogen) atoms. The lowest BCUT2D eigenvalue weighted by atomic mass is 10.0. The van der Waals surface area contributed by atoms with Crippen molar-refractivity contribution >= 4 is 11.9 Å². The monoisotopic (exact) mass is 421 g/mol. The Kier molecular flexibility index (Phi) is 7.10. The number of carbonyl (C=O) groups is 2. The number of nitrogens with one attached hydrogen (secondary N) is 1. The van der Waals surface area contributed by atoms with Crippen LogP contribution in [0.2, 0.25) is 0 Å². The lowest BCUT2D eigenvalue weighted by Gasteiger charge is -2.18. The van der Waals surface area contributed by atoms with Crippen molar-refractivity contribution in [3.8, 4) is 0 Å². The first kappa shape index (κ1) is 21.8. The molecule has 0 radical (unpaired) electrons. The SMILES string of the molecule is O=C(COC(=O)c1ccc(COCC(F)(F)F)cc1)NC(c1ccccc1)C1CC1. The number of rotatable bonds is 9. The molecule has 0 saturated heterocycles. The van der Waals surface area contributed by atoms with E-state index in [9.17, 15) is 22.8 Å². The van der Waals surface area contributed by atoms with Crippen LogP contribution in [0, 0.1) is 5.92 Å². The molecule has 1 amide bonds. The Labute approximate surface area is 172 Å². The molecule has 0 bridgehead atoms. The summed E-state index contributed by atoms with van der Waals surface area (Å²) in [6, 6.07) is 15.3. The van der Waals surface area contributed by atoms with Crippen molar-refractivity contribution in [1.29, 1.82) is 0 Å². The van der Waals surface area contributed by atoms with Crippen molar-refractivity contribution < 1.29 is 32.2 Å². The average molecular weight is 421 g/mol. The highest BCUT2D eigenvalue weighted by Gasteiger charge is 2.33. The number of hydrogen-bond donors (Lipinski definition) is 1. The zero-order chi connectivity index (χ0) is 21.6. The second-order valence-corrected chi connectivity index (χ2v) is 7.17. The third-order valence-electron chi connectivity index (χ3n) is 4.63. The maximum atomic E-state index is 12.3. The summed E-state index contributed by atoms with van der Waals surface area (Å²) in [5.41, 5.74) is 1.70. The van der Waals surface area contributed by atoms with E-state index in [2.05, 4.69) is 10.1 Å². The van der Waals surface area contributed by atoms with Crippen LogP contribution < -0.4 is 5.32 Å². The molecule has 8 heteroatoms. The van der Waals surface area contributed by atoms with Crippen LogP contribution >= 0.6 is 0 Å². The van der Waals surface area contributed by atoms with Crippen LogP contribution in [0.4, 0.5) is 13.2 Å². The highest BCUT2D eigenvalue weighted by atomic mass is 19.4. The van der Waals surface area contributed by atoms with Gasteiger partial charge >= 0.3 is 12.1 Å². The van der Waals surface area contributed by atoms with Gasteiger partial charge in [0.15, 0.2) is 6.61 Å². The first-order valence-electron chi connectivity index (χ1n) is 9.57. The summed E-state index contributed by atoms with van der Waals surface area (Å²) in [7, 11) is 0. The predicted molar refractivity (Wildman–Crippen MR) is 102 cm³/mol. The van der Waals surface area contributed by atoms with Gasteiger partial charge in [-0.1, -0.05) is 42.5 Å². The molecule has 1 N–H and O–H groups in total. The van der Waals surface area contributed by atoms with Gasteiger partial charge in [0.1, 0.15) is 6.61 Å². The van der Waals surface area contributed by atoms with Crippen LogP contribution in [0.1, 0.15) is 40.4 Å². The summed E-state index contributed by atoms with van der Waals surface area (Å²) in [6.07, 6.45) is -2.30. The fourth-order valence-electron chi connectivity index (χ4n) is 3.01. The van der Waals surface area contributed by atoms with E-state index < -0.39 is 25.4 Å². The predicted octanol–water partition coefficient (Wildman–Crippen LogP) is 4.19. The lowest BCUT2D eigenvalue weighted by molar-refractivity contribution is -0.176. The summed E-state index contributed by atoms with van der Waals surface area (Å²) >= 11 is 0. The fourth-order valence-corrected chi connectivity index (χ4v) is 3.01. The van der Waals surface area contributed by atoms with Crippen LogP contribution in [0.3, 0.4) is 0 Å². The van der Waals surface area contributed by atoms with Gasteiger partial charge in [0.25, 0.3) is 5.91 Å². The van der Waals surface area contributed by atoms with Crippen molar-refractivity contribution in [2.75, 3.05) is 13.2 Å². The zero-order valence-corrected chi connectivity index (χ0v) is 16.2. The minimum atomic E-state index is -4.39. The second-order valence-electron chi connectivity index (χ2n) is 7.17. The average Bonchev–Trinajstić information content (AvgIpc) is 3.55. The molecule has 2 aromatic rings. The molecule has 3 rings (SSSR count). The Balaban J connectivity index is 1.46. The largest absolute Gasteiger partial charge is 0.452 e. The molecule has 0 aliphatic heterocycles. The van der Waals surface area contributed by atoms with Gasteiger partial charge in [0.05, 0.1) is 18.2 Å². The van der Waals surface area contributed by atoms with Crippen molar-refractivity contribution in [2.45, 2.75) is 31.7 Å². The van der Waals surface area contributed by atoms with Gasteiger partial charge in [-0.3, -0.25) is 4.79 Å². The summed E-state index contributed by atoms with van der Waals surface area (Å²) < 4.78 is 45.9. The van der Waals surface area contributed by atoms with Crippen LogP contribution in [-0.4, -0.2) is 31.3 Å². The van der Waals surface area contributed by atoms with Crippen molar-refractivity contribution in [2.24, 2.45) is 5.92 Å². The molecule has 1 atom stereocenters. The van der Waals surface area contributed by atoms with E-state index in [1.54, 1.807) is 0 Å². The highest BCUT2D eigenvalue weighted by Crippen LogP contribution is 2.40. The van der Waals surface area contributed by atoms with Gasteiger partial charge in [-0.05, 0) is 42.0 Å². The molecule has 1 unspecified atom stereocenters. The van der Waals surface area contributed by atoms with Crippen LogP contribution in [-0.2, 0) is 20.9 Å². The van der Waals surface area contributed by atoms with Crippen LogP contribution in [0.25, 0.3) is 0 Å². The molecule has 1 fully saturated rings. The Bertz CT molecular complexity index is 849. The van der Waals surface area contributed by atoms with Gasteiger partial charge in [0.2, 0.25) is 0 Å². The topological polar surface area (TPSA) is 64.6 Å². The Hall–Kier alpha value is -2.87. The summed E-state index contributed by atoms with van der Waals surface area (Å²) in [5, 5.41) is 2.92. The number of hydrogen-bond acceptors (Lipinski definition) is 4. The molecule has 0 heterocycles. The molecule has 5 nitrogen and oxygen atoms in total. The van der Waals surface area contributed by atoms with E-state index in [1.165, 1.54) is 24.3 Å². The van der Waals surface area contributed by atoms with Crippen molar-refractivity contribution in [3.05, 3.63) is 71.3 Å². The summed E-state index contributed by atoms with van der Waals surface area (Å²) in [4.78, 5) is 24.4. The van der Waals surface area contributed by atoms with Gasteiger partial charge in [-0.25, -0.2) is 4.79 Å². The molecule has 1 aliphatic carbocycles. The van der Waals surface area contributed by atoms with Gasteiger partial charge < -0.3 is 14.8 Å². The fraction of sp³-hybridized carbons (Fsp3) is 0.364. The standard InChI is InChI=1S/C22H22F3NO4/c23-22(24,25)14-29-12-15-6-8-18(9-7-15)21(28)30-13-19(27)26-20(17-10-11-17)16-4-2-1-3-5-16/h1-9,17,20H,10-14H2,(H,26,27). The zero-order valence-electron chi connectivity index (χ0n) is 16.2. The minimum absolute atomic E-state index is 0.103. The van der Waals surface area contributed by atoms with Crippen LogP contribution in [0.5, 0.6) is 0 Å². The second kappa shape index (κ2) is 9.75. The third-order valence-corrected chi connectivity index (χ3v) is 4.63. The molecular weight excluding hydrogens is 399 g/mol. The third kappa shape index (κ3) is 6.88. The number of alkyl halides is 3. The number of halogens is 3. The molecule has 160 valence electrons. The minimum Gasteiger partial charge on any atom is -0.452 e. The molecule has 1 saturated carbocycles. The van der Waals surface area contributed by atoms with Crippen molar-refractivity contribution in [1.82, 2.24) is 5.32 Å². The Morgan fingerprint density at radius 3 is 2.30 bits per heavy atom. The highest BCUT2D eigenvalue weighted by molar-refractivity contribution is 5.91. The van der Waals surface area contributed by atoms with E-state index in [0.29, 0.717) is 11.5 Å². The maximum Gasteiger partial charge on any atom is 0.411 e. The van der Waals surface area contributed by atoms with E-state index in [-0.39, 0.29) is 24.1 Å². The van der Waals surface area contributed by atoms with Gasteiger partial charge in [0, 0.05) is 0 Å². The Morgan fingerprint density at radius 1 is 1.03 bits per heavy atom. The summed E-state index contributed by atoms with van der Waals surface area (Å²) in [5.74, 6) is -0.684. The van der Waals surface area contributed by atoms with E-state index in [4.69, 9.17) is 4.74 Å². The first-order chi connectivity index (χ1) is 14.3. The van der Waals surface area contributed by atoms with E-state index in [0.717, 1.165) is 18.4 Å². The van der Waals surface area contributed by atoms with E-state index in [1.807, 2.05) is 30.3 Å². The van der Waals surface area contributed by atoms with Gasteiger partial charge in [-0.2, -0.15) is 13.2 Å². The molecular formula is C22H22F3NO4. The van der Waals surface area contributed by atoms with Crippen molar-refractivity contribution in [3.63, 3.8) is 0 Å². The molecule has 0 spiro atoms. The van der Waals surface area contributed by atoms with E-state index >= 15 is 0 Å². The number of carbonyl (C=O) groups excluding carboxylic acids is 2.